The van der Waals surface area contributed by atoms with E-state index in [1.165, 1.54) is 24.6 Å². The predicted molar refractivity (Wildman–Crippen MR) is 116 cm³/mol. The van der Waals surface area contributed by atoms with Gasteiger partial charge in [0, 0.05) is 36.3 Å². The van der Waals surface area contributed by atoms with Crippen molar-refractivity contribution in [1.29, 1.82) is 0 Å². The first-order valence-corrected chi connectivity index (χ1v) is 10.7. The lowest BCUT2D eigenvalue weighted by Crippen LogP contribution is -2.32. The quantitative estimate of drug-likeness (QED) is 0.501. The Morgan fingerprint density at radius 2 is 2.06 bits per heavy atom. The molecule has 5 rings (SSSR count). The fourth-order valence-corrected chi connectivity index (χ4v) is 3.69. The van der Waals surface area contributed by atoms with Gasteiger partial charge in [-0.25, -0.2) is 4.98 Å². The topological polar surface area (TPSA) is 95.8 Å². The molecule has 9 nitrogen and oxygen atoms in total. The normalized spacial score (nSPS) is 18.2. The number of benzene rings is 1. The Bertz CT molecular complexity index is 1140. The minimum absolute atomic E-state index is 0.0392. The van der Waals surface area contributed by atoms with Gasteiger partial charge in [-0.05, 0) is 43.0 Å². The van der Waals surface area contributed by atoms with Crippen LogP contribution < -0.4 is 14.4 Å². The van der Waals surface area contributed by atoms with Gasteiger partial charge in [0.15, 0.2) is 6.10 Å². The Hall–Kier alpha value is -3.62. The molecule has 166 valence electrons. The summed E-state index contributed by atoms with van der Waals surface area (Å²) in [6, 6.07) is 9.16. The number of anilines is 1. The third-order valence-electron chi connectivity index (χ3n) is 5.68. The molecule has 1 aromatic carbocycles. The monoisotopic (exact) mass is 436 g/mol. The van der Waals surface area contributed by atoms with Crippen molar-refractivity contribution in [3.05, 3.63) is 42.7 Å². The highest BCUT2D eigenvalue weighted by Gasteiger charge is 2.34. The van der Waals surface area contributed by atoms with E-state index in [1.54, 1.807) is 29.4 Å². The molecule has 0 radical (unpaired) electrons. The van der Waals surface area contributed by atoms with Crippen molar-refractivity contribution in [2.24, 2.45) is 5.92 Å². The summed E-state index contributed by atoms with van der Waals surface area (Å²) in [6.45, 7) is 1.29. The molecule has 32 heavy (non-hydrogen) atoms. The zero-order valence-electron chi connectivity index (χ0n) is 17.8. The van der Waals surface area contributed by atoms with E-state index in [0.717, 1.165) is 11.1 Å². The first-order chi connectivity index (χ1) is 15.6. The number of pyridine rings is 1. The second-order valence-electron chi connectivity index (χ2n) is 8.12. The van der Waals surface area contributed by atoms with Gasteiger partial charge in [-0.2, -0.15) is 5.10 Å². The summed E-state index contributed by atoms with van der Waals surface area (Å²) in [4.78, 5) is 30.4. The minimum atomic E-state index is -0.567. The van der Waals surface area contributed by atoms with Gasteiger partial charge in [-0.15, -0.1) is 0 Å². The van der Waals surface area contributed by atoms with Gasteiger partial charge >= 0.3 is 5.97 Å². The van der Waals surface area contributed by atoms with Crippen LogP contribution >= 0.6 is 0 Å². The maximum atomic E-state index is 13.0. The van der Waals surface area contributed by atoms with E-state index in [1.807, 2.05) is 18.2 Å². The maximum Gasteiger partial charge on any atom is 0.327 e. The lowest BCUT2D eigenvalue weighted by atomic mass is 10.2. The van der Waals surface area contributed by atoms with Crippen LogP contribution in [-0.2, 0) is 20.9 Å². The summed E-state index contributed by atoms with van der Waals surface area (Å²) in [7, 11) is 1.34. The molecule has 1 amide bonds. The van der Waals surface area contributed by atoms with E-state index in [2.05, 4.69) is 14.8 Å². The Kier molecular flexibility index (Phi) is 5.38. The molecule has 3 aromatic rings. The third-order valence-corrected chi connectivity index (χ3v) is 5.68. The third kappa shape index (κ3) is 4.37. The Balaban J connectivity index is 1.23. The van der Waals surface area contributed by atoms with Crippen molar-refractivity contribution in [2.45, 2.75) is 31.9 Å². The number of nitrogens with zero attached hydrogens (tertiary/aromatic N) is 4. The van der Waals surface area contributed by atoms with Gasteiger partial charge in [-0.1, -0.05) is 0 Å². The molecular formula is C23H24N4O5. The Morgan fingerprint density at radius 1 is 1.19 bits per heavy atom. The molecule has 1 aliphatic carbocycles. The summed E-state index contributed by atoms with van der Waals surface area (Å²) in [5.41, 5.74) is 1.45. The smallest absolute Gasteiger partial charge is 0.327 e. The van der Waals surface area contributed by atoms with Crippen molar-refractivity contribution >= 4 is 28.5 Å². The summed E-state index contributed by atoms with van der Waals surface area (Å²) in [5.74, 6) is 1.30. The highest BCUT2D eigenvalue weighted by molar-refractivity contribution is 6.00. The summed E-state index contributed by atoms with van der Waals surface area (Å²) < 4.78 is 17.8. The molecule has 0 bridgehead atoms. The second kappa shape index (κ2) is 8.49. The van der Waals surface area contributed by atoms with Crippen LogP contribution in [0.25, 0.3) is 10.9 Å². The molecule has 9 heteroatoms. The van der Waals surface area contributed by atoms with E-state index in [9.17, 15) is 9.59 Å². The van der Waals surface area contributed by atoms with Gasteiger partial charge in [0.25, 0.3) is 5.91 Å². The van der Waals surface area contributed by atoms with Crippen LogP contribution in [0.5, 0.6) is 11.6 Å². The Labute approximate surface area is 184 Å². The van der Waals surface area contributed by atoms with Gasteiger partial charge in [0.1, 0.15) is 12.3 Å². The number of hydrogen-bond donors (Lipinski definition) is 0. The van der Waals surface area contributed by atoms with Crippen molar-refractivity contribution in [3.8, 4) is 11.6 Å². The zero-order valence-corrected chi connectivity index (χ0v) is 17.8. The highest BCUT2D eigenvalue weighted by Crippen LogP contribution is 2.30. The number of aromatic nitrogens is 3. The summed E-state index contributed by atoms with van der Waals surface area (Å²) in [5, 5.41) is 5.29. The van der Waals surface area contributed by atoms with Crippen LogP contribution in [0, 0.1) is 5.92 Å². The molecule has 3 heterocycles. The summed E-state index contributed by atoms with van der Waals surface area (Å²) in [6.07, 6.45) is 5.83. The van der Waals surface area contributed by atoms with Gasteiger partial charge in [0.05, 0.1) is 25.4 Å². The largest absolute Gasteiger partial charge is 0.479 e. The van der Waals surface area contributed by atoms with E-state index in [0.29, 0.717) is 42.6 Å². The van der Waals surface area contributed by atoms with Crippen LogP contribution in [0.3, 0.4) is 0 Å². The SMILES string of the molecule is COC(=O)Cn1cc2ccc(N3CC[C@@H](Oc4ccc(OCC5CC5)nc4)C3=O)cc2n1. The lowest BCUT2D eigenvalue weighted by molar-refractivity contribution is -0.141. The van der Waals surface area contributed by atoms with Crippen LogP contribution in [0.4, 0.5) is 5.69 Å². The maximum absolute atomic E-state index is 13.0. The van der Waals surface area contributed by atoms with Gasteiger partial charge in [0.2, 0.25) is 5.88 Å². The zero-order chi connectivity index (χ0) is 22.1. The van der Waals surface area contributed by atoms with E-state index < -0.39 is 6.10 Å². The number of fused-ring (bicyclic) bond motifs is 1. The molecule has 2 aliphatic rings. The molecule has 2 fully saturated rings. The average Bonchev–Trinajstić information content (AvgIpc) is 3.45. The molecule has 1 atom stereocenters. The predicted octanol–water partition coefficient (Wildman–Crippen LogP) is 2.58. The molecule has 1 saturated carbocycles. The van der Waals surface area contributed by atoms with Crippen molar-refractivity contribution in [3.63, 3.8) is 0 Å². The number of methoxy groups -OCH3 is 1. The van der Waals surface area contributed by atoms with Crippen LogP contribution in [0.2, 0.25) is 0 Å². The van der Waals surface area contributed by atoms with E-state index in [4.69, 9.17) is 9.47 Å². The van der Waals surface area contributed by atoms with E-state index in [-0.39, 0.29) is 18.4 Å². The van der Waals surface area contributed by atoms with Gasteiger partial charge in [-0.3, -0.25) is 14.3 Å². The van der Waals surface area contributed by atoms with Crippen LogP contribution in [0.1, 0.15) is 19.3 Å². The standard InChI is InChI=1S/C23H24N4O5/c1-30-22(28)13-26-12-16-4-5-17(10-19(16)25-26)27-9-8-20(23(27)29)32-18-6-7-21(24-11-18)31-14-15-2-3-15/h4-7,10-12,15,20H,2-3,8-9,13-14H2,1H3/t20-/m1/s1. The average molecular weight is 436 g/mol. The number of esters is 1. The molecule has 1 aliphatic heterocycles. The van der Waals surface area contributed by atoms with Gasteiger partial charge < -0.3 is 19.1 Å². The number of carbonyl (C=O) groups is 2. The summed E-state index contributed by atoms with van der Waals surface area (Å²) >= 11 is 0. The lowest BCUT2D eigenvalue weighted by Gasteiger charge is -2.17. The van der Waals surface area contributed by atoms with Crippen molar-refractivity contribution in [1.82, 2.24) is 14.8 Å². The number of hydrogen-bond acceptors (Lipinski definition) is 7. The molecular weight excluding hydrogens is 412 g/mol. The van der Waals surface area contributed by atoms with Crippen LogP contribution in [0.15, 0.2) is 42.7 Å². The van der Waals surface area contributed by atoms with Crippen molar-refractivity contribution in [2.75, 3.05) is 25.2 Å². The highest BCUT2D eigenvalue weighted by atomic mass is 16.5. The van der Waals surface area contributed by atoms with Crippen LogP contribution in [-0.4, -0.2) is 53.0 Å². The fourth-order valence-electron chi connectivity index (χ4n) is 3.69. The number of ether oxygens (including phenoxy) is 3. The number of amides is 1. The Morgan fingerprint density at radius 3 is 2.81 bits per heavy atom. The first-order valence-electron chi connectivity index (χ1n) is 10.7. The second-order valence-corrected chi connectivity index (χ2v) is 8.12. The van der Waals surface area contributed by atoms with Crippen molar-refractivity contribution < 1.29 is 23.8 Å². The number of rotatable bonds is 8. The molecule has 0 spiro atoms. The van der Waals surface area contributed by atoms with E-state index >= 15 is 0 Å². The molecule has 0 N–H and O–H groups in total. The number of carbonyl (C=O) groups excluding carboxylic acids is 2. The fraction of sp³-hybridized carbons (Fsp3) is 0.391. The molecule has 2 aromatic heterocycles. The molecule has 1 saturated heterocycles. The minimum Gasteiger partial charge on any atom is -0.479 e. The molecule has 0 unspecified atom stereocenters. The first kappa shape index (κ1) is 20.3.